The normalized spacial score (nSPS) is 12.4. The van der Waals surface area contributed by atoms with Crippen LogP contribution in [0.2, 0.25) is 5.02 Å². The molecule has 0 radical (unpaired) electrons. The van der Waals surface area contributed by atoms with Crippen molar-refractivity contribution in [2.24, 2.45) is 0 Å². The molecule has 0 fully saturated rings. The number of methoxy groups -OCH3 is 2. The van der Waals surface area contributed by atoms with E-state index in [2.05, 4.69) is 5.32 Å². The quantitative estimate of drug-likeness (QED) is 0.163. The highest BCUT2D eigenvalue weighted by Crippen LogP contribution is 2.36. The fourth-order valence-electron chi connectivity index (χ4n) is 5.01. The van der Waals surface area contributed by atoms with Gasteiger partial charge in [0.25, 0.3) is 10.0 Å². The zero-order chi connectivity index (χ0) is 34.0. The molecule has 0 spiro atoms. The van der Waals surface area contributed by atoms with Gasteiger partial charge in [0.1, 0.15) is 24.1 Å². The van der Waals surface area contributed by atoms with E-state index < -0.39 is 28.5 Å². The van der Waals surface area contributed by atoms with Gasteiger partial charge < -0.3 is 19.7 Å². The summed E-state index contributed by atoms with van der Waals surface area (Å²) in [5.74, 6) is -0.348. The maximum atomic E-state index is 14.7. The van der Waals surface area contributed by atoms with Gasteiger partial charge in [0, 0.05) is 30.1 Å². The second kappa shape index (κ2) is 16.3. The highest BCUT2D eigenvalue weighted by molar-refractivity contribution is 7.92. The predicted molar refractivity (Wildman–Crippen MR) is 184 cm³/mol. The van der Waals surface area contributed by atoms with Crippen molar-refractivity contribution in [2.45, 2.75) is 50.2 Å². The first-order chi connectivity index (χ1) is 22.6. The number of carbonyl (C=O) groups excluding carboxylic acids is 2. The lowest BCUT2D eigenvalue weighted by Gasteiger charge is -2.34. The van der Waals surface area contributed by atoms with Gasteiger partial charge >= 0.3 is 0 Å². The summed E-state index contributed by atoms with van der Waals surface area (Å²) in [6.07, 6.45) is 0.893. The molecule has 4 aromatic rings. The summed E-state index contributed by atoms with van der Waals surface area (Å²) in [7, 11) is -1.43. The number of hydrogen-bond donors (Lipinski definition) is 1. The molecule has 4 aromatic carbocycles. The van der Waals surface area contributed by atoms with Crippen molar-refractivity contribution in [3.05, 3.63) is 119 Å². The monoisotopic (exact) mass is 677 g/mol. The van der Waals surface area contributed by atoms with Crippen LogP contribution in [0.25, 0.3) is 0 Å². The van der Waals surface area contributed by atoms with Crippen LogP contribution >= 0.6 is 11.6 Å². The fourth-order valence-corrected chi connectivity index (χ4v) is 6.57. The average Bonchev–Trinajstić information content (AvgIpc) is 3.09. The molecule has 0 unspecified atom stereocenters. The zero-order valence-electron chi connectivity index (χ0n) is 26.9. The molecule has 0 saturated carbocycles. The number of carbonyl (C=O) groups is 2. The minimum Gasteiger partial charge on any atom is -0.497 e. The molecule has 11 heteroatoms. The lowest BCUT2D eigenvalue weighted by atomic mass is 10.0. The third kappa shape index (κ3) is 9.05. The summed E-state index contributed by atoms with van der Waals surface area (Å²) in [5, 5.41) is 3.55. The molecular weight excluding hydrogens is 638 g/mol. The van der Waals surface area contributed by atoms with Gasteiger partial charge in [0.05, 0.1) is 24.8 Å². The number of nitrogens with one attached hydrogen (secondary N) is 1. The summed E-state index contributed by atoms with van der Waals surface area (Å²) in [6, 6.07) is 27.8. The van der Waals surface area contributed by atoms with E-state index in [1.54, 1.807) is 54.6 Å². The van der Waals surface area contributed by atoms with Crippen molar-refractivity contribution in [3.63, 3.8) is 0 Å². The standard InChI is InChI=1S/C36H40ClN3O6S/c1-5-26(2)38-36(42)33(22-27-12-8-6-9-13-27)39(24-28-16-18-29(37)19-17-28)35(41)25-40(47(43,44)31-14-10-7-11-15-31)32-23-30(45-3)20-21-34(32)46-4/h6-21,23,26,33H,5,22,24-25H2,1-4H3,(H,38,42)/t26-,33-/m1/s1. The van der Waals surface area contributed by atoms with Gasteiger partial charge in [0.2, 0.25) is 11.8 Å². The highest BCUT2D eigenvalue weighted by Gasteiger charge is 2.36. The first-order valence-electron chi connectivity index (χ1n) is 15.2. The Morgan fingerprint density at radius 1 is 0.851 bits per heavy atom. The number of benzene rings is 4. The lowest BCUT2D eigenvalue weighted by molar-refractivity contribution is -0.140. The van der Waals surface area contributed by atoms with Gasteiger partial charge in [-0.2, -0.15) is 0 Å². The number of rotatable bonds is 15. The summed E-state index contributed by atoms with van der Waals surface area (Å²) in [6.45, 7) is 3.25. The number of amides is 2. The average molecular weight is 678 g/mol. The maximum Gasteiger partial charge on any atom is 0.264 e. The van der Waals surface area contributed by atoms with E-state index in [0.29, 0.717) is 22.8 Å². The molecule has 0 bridgehead atoms. The Hall–Kier alpha value is -4.54. The number of sulfonamides is 1. The van der Waals surface area contributed by atoms with Crippen molar-refractivity contribution < 1.29 is 27.5 Å². The fraction of sp³-hybridized carbons (Fsp3) is 0.278. The van der Waals surface area contributed by atoms with E-state index in [0.717, 1.165) is 9.87 Å². The largest absolute Gasteiger partial charge is 0.497 e. The van der Waals surface area contributed by atoms with Crippen LogP contribution in [-0.4, -0.2) is 58.0 Å². The molecule has 1 N–H and O–H groups in total. The van der Waals surface area contributed by atoms with E-state index in [1.807, 2.05) is 44.2 Å². The summed E-state index contributed by atoms with van der Waals surface area (Å²) < 4.78 is 40.6. The minimum atomic E-state index is -4.31. The van der Waals surface area contributed by atoms with Gasteiger partial charge in [0.15, 0.2) is 0 Å². The molecule has 4 rings (SSSR count). The van der Waals surface area contributed by atoms with E-state index in [-0.39, 0.29) is 41.2 Å². The van der Waals surface area contributed by atoms with E-state index in [9.17, 15) is 18.0 Å². The van der Waals surface area contributed by atoms with Gasteiger partial charge in [-0.15, -0.1) is 0 Å². The molecule has 0 heterocycles. The van der Waals surface area contributed by atoms with Crippen molar-refractivity contribution >= 4 is 39.1 Å². The molecule has 0 aliphatic rings. The minimum absolute atomic E-state index is 0.0164. The van der Waals surface area contributed by atoms with Crippen LogP contribution in [0.4, 0.5) is 5.69 Å². The van der Waals surface area contributed by atoms with E-state index in [4.69, 9.17) is 21.1 Å². The Kier molecular flexibility index (Phi) is 12.3. The van der Waals surface area contributed by atoms with Crippen LogP contribution in [0.3, 0.4) is 0 Å². The molecule has 0 saturated heterocycles. The predicted octanol–water partition coefficient (Wildman–Crippen LogP) is 6.11. The number of hydrogen-bond acceptors (Lipinski definition) is 6. The number of nitrogens with zero attached hydrogens (tertiary/aromatic N) is 2. The van der Waals surface area contributed by atoms with Crippen molar-refractivity contribution in [1.29, 1.82) is 0 Å². The van der Waals surface area contributed by atoms with Crippen molar-refractivity contribution in [1.82, 2.24) is 10.2 Å². The SMILES string of the molecule is CC[C@@H](C)NC(=O)[C@@H](Cc1ccccc1)N(Cc1ccc(Cl)cc1)C(=O)CN(c1cc(OC)ccc1OC)S(=O)(=O)c1ccccc1. The van der Waals surface area contributed by atoms with Crippen LogP contribution in [-0.2, 0) is 32.6 Å². The van der Waals surface area contributed by atoms with Crippen LogP contribution < -0.4 is 19.1 Å². The summed E-state index contributed by atoms with van der Waals surface area (Å²) in [4.78, 5) is 30.1. The maximum absolute atomic E-state index is 14.7. The smallest absolute Gasteiger partial charge is 0.264 e. The Labute approximate surface area is 282 Å². The molecule has 2 amide bonds. The molecule has 9 nitrogen and oxygen atoms in total. The summed E-state index contributed by atoms with van der Waals surface area (Å²) in [5.41, 5.74) is 1.67. The number of ether oxygens (including phenoxy) is 2. The van der Waals surface area contributed by atoms with Crippen LogP contribution in [0.1, 0.15) is 31.4 Å². The Bertz CT molecular complexity index is 1740. The molecule has 248 valence electrons. The van der Waals surface area contributed by atoms with Crippen LogP contribution in [0.5, 0.6) is 11.5 Å². The number of halogens is 1. The van der Waals surface area contributed by atoms with Gasteiger partial charge in [-0.3, -0.25) is 13.9 Å². The third-order valence-electron chi connectivity index (χ3n) is 7.80. The highest BCUT2D eigenvalue weighted by atomic mass is 35.5. The number of anilines is 1. The molecular formula is C36H40ClN3O6S. The van der Waals surface area contributed by atoms with Crippen LogP contribution in [0.15, 0.2) is 108 Å². The molecule has 0 aliphatic carbocycles. The second-order valence-corrected chi connectivity index (χ2v) is 13.3. The zero-order valence-corrected chi connectivity index (χ0v) is 28.5. The van der Waals surface area contributed by atoms with Crippen molar-refractivity contribution in [2.75, 3.05) is 25.1 Å². The molecule has 2 atom stereocenters. The van der Waals surface area contributed by atoms with Gasteiger partial charge in [-0.05, 0) is 60.9 Å². The van der Waals surface area contributed by atoms with Crippen LogP contribution in [0, 0.1) is 0 Å². The molecule has 0 aromatic heterocycles. The van der Waals surface area contributed by atoms with Gasteiger partial charge in [-0.1, -0.05) is 79.2 Å². The van der Waals surface area contributed by atoms with E-state index in [1.165, 1.54) is 37.3 Å². The first-order valence-corrected chi connectivity index (χ1v) is 17.1. The van der Waals surface area contributed by atoms with Crippen molar-refractivity contribution in [3.8, 4) is 11.5 Å². The second-order valence-electron chi connectivity index (χ2n) is 11.0. The van der Waals surface area contributed by atoms with Gasteiger partial charge in [-0.25, -0.2) is 8.42 Å². The lowest BCUT2D eigenvalue weighted by Crippen LogP contribution is -2.54. The Balaban J connectivity index is 1.86. The topological polar surface area (TPSA) is 105 Å². The molecule has 47 heavy (non-hydrogen) atoms. The Morgan fingerprint density at radius 2 is 1.49 bits per heavy atom. The first kappa shape index (κ1) is 35.3. The summed E-state index contributed by atoms with van der Waals surface area (Å²) >= 11 is 6.16. The van der Waals surface area contributed by atoms with E-state index >= 15 is 0 Å². The third-order valence-corrected chi connectivity index (χ3v) is 9.83. The molecule has 0 aliphatic heterocycles. The Morgan fingerprint density at radius 3 is 2.09 bits per heavy atom.